The van der Waals surface area contributed by atoms with Crippen LogP contribution in [0.2, 0.25) is 0 Å². The Labute approximate surface area is 76.7 Å². The monoisotopic (exact) mass is 169 g/mol. The summed E-state index contributed by atoms with van der Waals surface area (Å²) < 4.78 is 0. The van der Waals surface area contributed by atoms with Gasteiger partial charge < -0.3 is 5.73 Å². The van der Waals surface area contributed by atoms with Crippen molar-refractivity contribution in [3.05, 3.63) is 0 Å². The van der Waals surface area contributed by atoms with Gasteiger partial charge >= 0.3 is 0 Å². The summed E-state index contributed by atoms with van der Waals surface area (Å²) in [4.78, 5) is 0. The Bertz CT molecular complexity index is 106. The minimum absolute atomic E-state index is 0.484. The van der Waals surface area contributed by atoms with Crippen LogP contribution in [0.5, 0.6) is 0 Å². The normalized spacial score (nSPS) is 22.5. The Morgan fingerprint density at radius 1 is 1.25 bits per heavy atom. The second-order valence-corrected chi connectivity index (χ2v) is 4.29. The Kier molecular flexibility index (Phi) is 4.67. The predicted octanol–water partition coefficient (Wildman–Crippen LogP) is 3.08. The minimum Gasteiger partial charge on any atom is -0.328 e. The van der Waals surface area contributed by atoms with Crippen LogP contribution in [0.4, 0.5) is 0 Å². The lowest BCUT2D eigenvalue weighted by Crippen LogP contribution is -2.24. The van der Waals surface area contributed by atoms with Crippen molar-refractivity contribution in [2.24, 2.45) is 11.7 Å². The van der Waals surface area contributed by atoms with E-state index >= 15 is 0 Å². The summed E-state index contributed by atoms with van der Waals surface area (Å²) in [5.74, 6) is 0.959. The lowest BCUT2D eigenvalue weighted by Gasteiger charge is -2.24. The molecule has 0 unspecified atom stereocenters. The molecule has 1 aliphatic rings. The Balaban J connectivity index is 2.11. The van der Waals surface area contributed by atoms with Crippen LogP contribution in [0.15, 0.2) is 0 Å². The molecule has 12 heavy (non-hydrogen) atoms. The van der Waals surface area contributed by atoms with E-state index in [1.54, 1.807) is 0 Å². The first-order valence-corrected chi connectivity index (χ1v) is 5.58. The average Bonchev–Trinajstić information content (AvgIpc) is 2.06. The summed E-state index contributed by atoms with van der Waals surface area (Å²) in [6.07, 6.45) is 11.0. The molecule has 0 bridgehead atoms. The van der Waals surface area contributed by atoms with E-state index in [9.17, 15) is 0 Å². The van der Waals surface area contributed by atoms with E-state index in [1.807, 2.05) is 0 Å². The van der Waals surface area contributed by atoms with E-state index in [0.29, 0.717) is 6.04 Å². The molecule has 0 aliphatic heterocycles. The van der Waals surface area contributed by atoms with Gasteiger partial charge in [-0.05, 0) is 18.8 Å². The van der Waals surface area contributed by atoms with Crippen LogP contribution in [0, 0.1) is 5.92 Å². The van der Waals surface area contributed by atoms with E-state index < -0.39 is 0 Å². The Hall–Kier alpha value is -0.0400. The van der Waals surface area contributed by atoms with Crippen molar-refractivity contribution in [3.8, 4) is 0 Å². The highest BCUT2D eigenvalue weighted by molar-refractivity contribution is 4.71. The zero-order valence-corrected chi connectivity index (χ0v) is 8.39. The first kappa shape index (κ1) is 10.0. The lowest BCUT2D eigenvalue weighted by molar-refractivity contribution is 0.312. The van der Waals surface area contributed by atoms with Gasteiger partial charge in [-0.3, -0.25) is 0 Å². The van der Waals surface area contributed by atoms with Gasteiger partial charge in [-0.1, -0.05) is 45.4 Å². The van der Waals surface area contributed by atoms with E-state index in [4.69, 9.17) is 5.73 Å². The van der Waals surface area contributed by atoms with Crippen LogP contribution in [0.3, 0.4) is 0 Å². The molecule has 1 saturated carbocycles. The fourth-order valence-electron chi connectivity index (χ4n) is 2.34. The molecule has 1 nitrogen and oxygen atoms in total. The maximum atomic E-state index is 6.02. The number of hydrogen-bond donors (Lipinski definition) is 1. The van der Waals surface area contributed by atoms with Gasteiger partial charge in [-0.15, -0.1) is 0 Å². The maximum Gasteiger partial charge on any atom is 0.00413 e. The molecular formula is C11H23N. The average molecular weight is 169 g/mol. The van der Waals surface area contributed by atoms with Crippen molar-refractivity contribution in [2.45, 2.75) is 64.3 Å². The lowest BCUT2D eigenvalue weighted by atomic mass is 9.84. The van der Waals surface area contributed by atoms with E-state index in [-0.39, 0.29) is 0 Å². The van der Waals surface area contributed by atoms with Crippen molar-refractivity contribution in [2.75, 3.05) is 0 Å². The first-order valence-electron chi connectivity index (χ1n) is 5.58. The molecule has 0 aromatic heterocycles. The third-order valence-corrected chi connectivity index (χ3v) is 3.02. The summed E-state index contributed by atoms with van der Waals surface area (Å²) in [5.41, 5.74) is 6.02. The molecule has 0 radical (unpaired) electrons. The molecule has 0 saturated heterocycles. The molecule has 0 aromatic carbocycles. The van der Waals surface area contributed by atoms with Crippen LogP contribution in [-0.2, 0) is 0 Å². The fourth-order valence-corrected chi connectivity index (χ4v) is 2.34. The highest BCUT2D eigenvalue weighted by atomic mass is 14.6. The van der Waals surface area contributed by atoms with Crippen LogP contribution in [0.1, 0.15) is 58.3 Å². The first-order chi connectivity index (χ1) is 5.83. The molecule has 72 valence electrons. The van der Waals surface area contributed by atoms with Gasteiger partial charge in [0.25, 0.3) is 0 Å². The minimum atomic E-state index is 0.484. The SMILES string of the molecule is CCC[C@@H](N)CC1CCCCC1. The van der Waals surface area contributed by atoms with Crippen molar-refractivity contribution >= 4 is 0 Å². The molecule has 1 aliphatic carbocycles. The van der Waals surface area contributed by atoms with Crippen molar-refractivity contribution in [3.63, 3.8) is 0 Å². The van der Waals surface area contributed by atoms with E-state index in [0.717, 1.165) is 5.92 Å². The highest BCUT2D eigenvalue weighted by Crippen LogP contribution is 2.27. The third kappa shape index (κ3) is 3.57. The summed E-state index contributed by atoms with van der Waals surface area (Å²) in [5, 5.41) is 0. The van der Waals surface area contributed by atoms with Crippen LogP contribution >= 0.6 is 0 Å². The van der Waals surface area contributed by atoms with E-state index in [1.165, 1.54) is 51.4 Å². The van der Waals surface area contributed by atoms with Gasteiger partial charge in [0, 0.05) is 6.04 Å². The van der Waals surface area contributed by atoms with Gasteiger partial charge in [-0.25, -0.2) is 0 Å². The van der Waals surface area contributed by atoms with Gasteiger partial charge in [0.15, 0.2) is 0 Å². The van der Waals surface area contributed by atoms with Crippen molar-refractivity contribution in [1.82, 2.24) is 0 Å². The molecule has 1 fully saturated rings. The molecule has 0 aromatic rings. The third-order valence-electron chi connectivity index (χ3n) is 3.02. The predicted molar refractivity (Wildman–Crippen MR) is 54.1 cm³/mol. The number of hydrogen-bond acceptors (Lipinski definition) is 1. The van der Waals surface area contributed by atoms with E-state index in [2.05, 4.69) is 6.92 Å². The largest absolute Gasteiger partial charge is 0.328 e. The molecule has 0 amide bonds. The molecule has 1 atom stereocenters. The quantitative estimate of drug-likeness (QED) is 0.687. The molecule has 0 heterocycles. The van der Waals surface area contributed by atoms with Gasteiger partial charge in [0.2, 0.25) is 0 Å². The molecule has 0 spiro atoms. The Morgan fingerprint density at radius 2 is 1.92 bits per heavy atom. The zero-order chi connectivity index (χ0) is 8.81. The summed E-state index contributed by atoms with van der Waals surface area (Å²) in [7, 11) is 0. The van der Waals surface area contributed by atoms with Gasteiger partial charge in [0.1, 0.15) is 0 Å². The smallest absolute Gasteiger partial charge is 0.00413 e. The topological polar surface area (TPSA) is 26.0 Å². The standard InChI is InChI=1S/C11H23N/c1-2-6-11(12)9-10-7-4-3-5-8-10/h10-11H,2-9,12H2,1H3/t11-/m1/s1. The zero-order valence-electron chi connectivity index (χ0n) is 8.39. The van der Waals surface area contributed by atoms with Crippen LogP contribution in [0.25, 0.3) is 0 Å². The molecule has 2 N–H and O–H groups in total. The fraction of sp³-hybridized carbons (Fsp3) is 1.00. The number of rotatable bonds is 4. The highest BCUT2D eigenvalue weighted by Gasteiger charge is 2.15. The van der Waals surface area contributed by atoms with Crippen molar-refractivity contribution in [1.29, 1.82) is 0 Å². The van der Waals surface area contributed by atoms with Gasteiger partial charge in [-0.2, -0.15) is 0 Å². The Morgan fingerprint density at radius 3 is 2.50 bits per heavy atom. The summed E-state index contributed by atoms with van der Waals surface area (Å²) in [6, 6.07) is 0.484. The van der Waals surface area contributed by atoms with Crippen LogP contribution in [-0.4, -0.2) is 6.04 Å². The summed E-state index contributed by atoms with van der Waals surface area (Å²) in [6.45, 7) is 2.22. The number of nitrogens with two attached hydrogens (primary N) is 1. The maximum absolute atomic E-state index is 6.02. The molecule has 1 rings (SSSR count). The van der Waals surface area contributed by atoms with Gasteiger partial charge in [0.05, 0.1) is 0 Å². The second-order valence-electron chi connectivity index (χ2n) is 4.29. The van der Waals surface area contributed by atoms with Crippen molar-refractivity contribution < 1.29 is 0 Å². The summed E-state index contributed by atoms with van der Waals surface area (Å²) >= 11 is 0. The molecule has 1 heteroatoms. The van der Waals surface area contributed by atoms with Crippen LogP contribution < -0.4 is 5.73 Å². The molecular weight excluding hydrogens is 146 g/mol. The second kappa shape index (κ2) is 5.58.